The van der Waals surface area contributed by atoms with Gasteiger partial charge in [0.25, 0.3) is 0 Å². The van der Waals surface area contributed by atoms with Gasteiger partial charge in [0.1, 0.15) is 0 Å². The molecule has 1 atom stereocenters. The maximum atomic E-state index is 10.6. The van der Waals surface area contributed by atoms with Gasteiger partial charge in [-0.15, -0.1) is 0 Å². The Labute approximate surface area is 112 Å². The van der Waals surface area contributed by atoms with Crippen molar-refractivity contribution in [3.63, 3.8) is 0 Å². The van der Waals surface area contributed by atoms with Crippen molar-refractivity contribution < 1.29 is 5.11 Å². The lowest BCUT2D eigenvalue weighted by Gasteiger charge is -2.27. The maximum Gasteiger partial charge on any atom is 0.0997 e. The van der Waals surface area contributed by atoms with Gasteiger partial charge in [-0.05, 0) is 30.0 Å². The Bertz CT molecular complexity index is 606. The maximum absolute atomic E-state index is 10.6. The van der Waals surface area contributed by atoms with Gasteiger partial charge in [0, 0.05) is 18.0 Å². The fourth-order valence-electron chi connectivity index (χ4n) is 2.83. The molecule has 2 aromatic rings. The second kappa shape index (κ2) is 4.49. The summed E-state index contributed by atoms with van der Waals surface area (Å²) < 4.78 is 0. The van der Waals surface area contributed by atoms with Gasteiger partial charge in [-0.1, -0.05) is 30.3 Å². The van der Waals surface area contributed by atoms with E-state index in [4.69, 9.17) is 0 Å². The molecular formula is C16H14N2O. The van der Waals surface area contributed by atoms with Crippen molar-refractivity contribution in [2.24, 2.45) is 5.41 Å². The quantitative estimate of drug-likeness (QED) is 0.890. The van der Waals surface area contributed by atoms with E-state index in [1.807, 2.05) is 30.3 Å². The van der Waals surface area contributed by atoms with E-state index in [0.29, 0.717) is 18.4 Å². The van der Waals surface area contributed by atoms with Gasteiger partial charge in [0.05, 0.1) is 17.6 Å². The summed E-state index contributed by atoms with van der Waals surface area (Å²) in [5, 5.41) is 20.2. The molecule has 0 saturated heterocycles. The summed E-state index contributed by atoms with van der Waals surface area (Å²) in [6.45, 7) is 0. The van der Waals surface area contributed by atoms with Crippen LogP contribution in [0.3, 0.4) is 0 Å². The van der Waals surface area contributed by atoms with Crippen molar-refractivity contribution in [1.82, 2.24) is 4.98 Å². The van der Waals surface area contributed by atoms with Crippen LogP contribution in [0, 0.1) is 16.7 Å². The van der Waals surface area contributed by atoms with Crippen LogP contribution in [-0.2, 0) is 12.8 Å². The van der Waals surface area contributed by atoms with Gasteiger partial charge in [-0.2, -0.15) is 5.26 Å². The Hall–Kier alpha value is -2.18. The SMILES string of the molecule is N#CC1(C(O)c2cccnc2)Cc2ccccc2C1. The molecule has 19 heavy (non-hydrogen) atoms. The normalized spacial score (nSPS) is 17.5. The van der Waals surface area contributed by atoms with Crippen LogP contribution in [0.5, 0.6) is 0 Å². The summed E-state index contributed by atoms with van der Waals surface area (Å²) in [7, 11) is 0. The van der Waals surface area contributed by atoms with E-state index in [1.54, 1.807) is 18.5 Å². The van der Waals surface area contributed by atoms with Crippen LogP contribution in [0.2, 0.25) is 0 Å². The number of aliphatic hydroxyl groups is 1. The van der Waals surface area contributed by atoms with Crippen LogP contribution in [0.25, 0.3) is 0 Å². The van der Waals surface area contributed by atoms with Crippen LogP contribution < -0.4 is 0 Å². The molecule has 3 heteroatoms. The summed E-state index contributed by atoms with van der Waals surface area (Å²) in [5.74, 6) is 0. The zero-order valence-electron chi connectivity index (χ0n) is 10.5. The average Bonchev–Trinajstić information content (AvgIpc) is 2.87. The molecular weight excluding hydrogens is 236 g/mol. The van der Waals surface area contributed by atoms with Gasteiger partial charge in [-0.25, -0.2) is 0 Å². The average molecular weight is 250 g/mol. The molecule has 1 aromatic heterocycles. The third-order valence-electron chi connectivity index (χ3n) is 3.88. The smallest absolute Gasteiger partial charge is 0.0997 e. The topological polar surface area (TPSA) is 56.9 Å². The molecule has 1 aromatic carbocycles. The number of rotatable bonds is 2. The zero-order valence-corrected chi connectivity index (χ0v) is 10.5. The van der Waals surface area contributed by atoms with Gasteiger partial charge < -0.3 is 5.11 Å². The summed E-state index contributed by atoms with van der Waals surface area (Å²) in [4.78, 5) is 4.02. The molecule has 0 spiro atoms. The van der Waals surface area contributed by atoms with Gasteiger partial charge in [0.15, 0.2) is 0 Å². The highest BCUT2D eigenvalue weighted by Crippen LogP contribution is 2.45. The number of benzene rings is 1. The summed E-state index contributed by atoms with van der Waals surface area (Å²) in [6.07, 6.45) is 3.68. The fraction of sp³-hybridized carbons (Fsp3) is 0.250. The van der Waals surface area contributed by atoms with E-state index in [2.05, 4.69) is 11.1 Å². The second-order valence-electron chi connectivity index (χ2n) is 5.08. The molecule has 1 aliphatic carbocycles. The minimum atomic E-state index is -0.807. The lowest BCUT2D eigenvalue weighted by molar-refractivity contribution is 0.0690. The van der Waals surface area contributed by atoms with Crippen LogP contribution in [0.4, 0.5) is 0 Å². The first kappa shape index (κ1) is 11.9. The minimum absolute atomic E-state index is 0.593. The molecule has 0 saturated carbocycles. The Morgan fingerprint density at radius 1 is 1.16 bits per heavy atom. The summed E-state index contributed by atoms with van der Waals surface area (Å²) in [6, 6.07) is 14.0. The molecule has 1 unspecified atom stereocenters. The molecule has 3 nitrogen and oxygen atoms in total. The first-order valence-electron chi connectivity index (χ1n) is 6.31. The number of pyridine rings is 1. The summed E-state index contributed by atoms with van der Waals surface area (Å²) >= 11 is 0. The number of fused-ring (bicyclic) bond motifs is 1. The largest absolute Gasteiger partial charge is 0.387 e. The zero-order chi connectivity index (χ0) is 13.3. The van der Waals surface area contributed by atoms with Crippen LogP contribution in [0.15, 0.2) is 48.8 Å². The summed E-state index contributed by atoms with van der Waals surface area (Å²) in [5.41, 5.74) is 2.25. The number of aromatic nitrogens is 1. The highest BCUT2D eigenvalue weighted by molar-refractivity contribution is 5.39. The van der Waals surface area contributed by atoms with Crippen LogP contribution in [-0.4, -0.2) is 10.1 Å². The lowest BCUT2D eigenvalue weighted by atomic mass is 9.78. The minimum Gasteiger partial charge on any atom is -0.387 e. The lowest BCUT2D eigenvalue weighted by Crippen LogP contribution is -2.28. The van der Waals surface area contributed by atoms with E-state index < -0.39 is 11.5 Å². The van der Waals surface area contributed by atoms with E-state index in [9.17, 15) is 10.4 Å². The van der Waals surface area contributed by atoms with Gasteiger partial charge in [0.2, 0.25) is 0 Å². The third kappa shape index (κ3) is 1.91. The third-order valence-corrected chi connectivity index (χ3v) is 3.88. The molecule has 1 N–H and O–H groups in total. The molecule has 0 fully saturated rings. The monoisotopic (exact) mass is 250 g/mol. The number of hydrogen-bond donors (Lipinski definition) is 1. The Morgan fingerprint density at radius 2 is 1.84 bits per heavy atom. The Balaban J connectivity index is 1.98. The Kier molecular flexibility index (Phi) is 2.81. The van der Waals surface area contributed by atoms with Crippen LogP contribution in [0.1, 0.15) is 22.8 Å². The highest BCUT2D eigenvalue weighted by Gasteiger charge is 2.44. The van der Waals surface area contributed by atoms with E-state index in [0.717, 1.165) is 11.1 Å². The molecule has 3 rings (SSSR count). The number of hydrogen-bond acceptors (Lipinski definition) is 3. The highest BCUT2D eigenvalue weighted by atomic mass is 16.3. The van der Waals surface area contributed by atoms with Crippen molar-refractivity contribution >= 4 is 0 Å². The fourth-order valence-corrected chi connectivity index (χ4v) is 2.83. The van der Waals surface area contributed by atoms with Crippen molar-refractivity contribution in [3.05, 3.63) is 65.5 Å². The van der Waals surface area contributed by atoms with Crippen molar-refractivity contribution in [2.45, 2.75) is 18.9 Å². The first-order chi connectivity index (χ1) is 9.25. The number of nitrogens with zero attached hydrogens (tertiary/aromatic N) is 2. The number of nitriles is 1. The first-order valence-corrected chi connectivity index (χ1v) is 6.31. The van der Waals surface area contributed by atoms with E-state index in [-0.39, 0.29) is 0 Å². The van der Waals surface area contributed by atoms with Gasteiger partial charge >= 0.3 is 0 Å². The van der Waals surface area contributed by atoms with Crippen molar-refractivity contribution in [1.29, 1.82) is 5.26 Å². The molecule has 1 heterocycles. The predicted octanol–water partition coefficient (Wildman–Crippen LogP) is 2.42. The molecule has 0 radical (unpaired) electrons. The molecule has 0 bridgehead atoms. The molecule has 0 amide bonds. The van der Waals surface area contributed by atoms with Crippen molar-refractivity contribution in [3.8, 4) is 6.07 Å². The van der Waals surface area contributed by atoms with Crippen molar-refractivity contribution in [2.75, 3.05) is 0 Å². The standard InChI is InChI=1S/C16H14N2O/c17-11-16(15(19)14-6-3-7-18-10-14)8-12-4-1-2-5-13(12)9-16/h1-7,10,15,19H,8-9H2. The molecule has 94 valence electrons. The van der Waals surface area contributed by atoms with E-state index >= 15 is 0 Å². The molecule has 0 aliphatic heterocycles. The number of aliphatic hydroxyl groups excluding tert-OH is 1. The Morgan fingerprint density at radius 3 is 2.37 bits per heavy atom. The predicted molar refractivity (Wildman–Crippen MR) is 71.1 cm³/mol. The second-order valence-corrected chi connectivity index (χ2v) is 5.08. The van der Waals surface area contributed by atoms with Gasteiger partial charge in [-0.3, -0.25) is 4.98 Å². The van der Waals surface area contributed by atoms with Crippen LogP contribution >= 0.6 is 0 Å². The van der Waals surface area contributed by atoms with E-state index in [1.165, 1.54) is 0 Å². The molecule has 1 aliphatic rings.